The van der Waals surface area contributed by atoms with Crippen LogP contribution in [0, 0.1) is 5.82 Å². The third kappa shape index (κ3) is 5.00. The topological polar surface area (TPSA) is 121 Å². The van der Waals surface area contributed by atoms with Crippen LogP contribution in [-0.4, -0.2) is 36.0 Å². The van der Waals surface area contributed by atoms with Crippen molar-refractivity contribution in [1.82, 2.24) is 4.72 Å². The van der Waals surface area contributed by atoms with Gasteiger partial charge < -0.3 is 5.32 Å². The zero-order valence-corrected chi connectivity index (χ0v) is 15.4. The van der Waals surface area contributed by atoms with Gasteiger partial charge in [0.05, 0.1) is 16.7 Å². The van der Waals surface area contributed by atoms with E-state index in [0.717, 1.165) is 24.5 Å². The van der Waals surface area contributed by atoms with Crippen LogP contribution in [0.3, 0.4) is 0 Å². The molecule has 2 aromatic carbocycles. The predicted molar refractivity (Wildman–Crippen MR) is 95.5 cm³/mol. The number of hydrogen-bond acceptors (Lipinski definition) is 5. The Morgan fingerprint density at radius 1 is 0.962 bits per heavy atom. The van der Waals surface area contributed by atoms with Crippen molar-refractivity contribution in [3.8, 4) is 0 Å². The number of amides is 1. The highest BCUT2D eigenvalue weighted by atomic mass is 32.2. The predicted octanol–water partition coefficient (Wildman–Crippen LogP) is 1.36. The Morgan fingerprint density at radius 3 is 2.08 bits per heavy atom. The molecule has 0 saturated carbocycles. The first kappa shape index (κ1) is 19.8. The lowest BCUT2D eigenvalue weighted by molar-refractivity contribution is 0.102. The highest BCUT2D eigenvalue weighted by Crippen LogP contribution is 2.18. The standard InChI is InChI=1S/C15H16FN3O5S2/c1-17-26(23,24)12-7-8-14(16)13(9-12)15(20)18-10-3-5-11(6-4-10)19-25(2,21)22/h3-9,17,19H,1-2H3,(H,18,20). The van der Waals surface area contributed by atoms with E-state index in [-0.39, 0.29) is 10.6 Å². The van der Waals surface area contributed by atoms with E-state index in [4.69, 9.17) is 0 Å². The lowest BCUT2D eigenvalue weighted by atomic mass is 10.2. The molecule has 3 N–H and O–H groups in total. The number of sulfonamides is 2. The molecule has 0 aliphatic rings. The molecule has 26 heavy (non-hydrogen) atoms. The summed E-state index contributed by atoms with van der Waals surface area (Å²) in [6, 6.07) is 8.51. The minimum Gasteiger partial charge on any atom is -0.322 e. The van der Waals surface area contributed by atoms with Gasteiger partial charge in [0.15, 0.2) is 0 Å². The zero-order chi connectivity index (χ0) is 19.5. The number of nitrogens with one attached hydrogen (secondary N) is 3. The van der Waals surface area contributed by atoms with Gasteiger partial charge in [-0.2, -0.15) is 0 Å². The van der Waals surface area contributed by atoms with Crippen LogP contribution in [0.4, 0.5) is 15.8 Å². The normalized spacial score (nSPS) is 11.8. The minimum atomic E-state index is -3.83. The molecule has 0 saturated heterocycles. The average molecular weight is 401 g/mol. The molecule has 140 valence electrons. The SMILES string of the molecule is CNS(=O)(=O)c1ccc(F)c(C(=O)Nc2ccc(NS(C)(=O)=O)cc2)c1. The summed E-state index contributed by atoms with van der Waals surface area (Å²) in [5, 5.41) is 2.41. The zero-order valence-electron chi connectivity index (χ0n) is 13.8. The van der Waals surface area contributed by atoms with E-state index in [1.165, 1.54) is 31.3 Å². The van der Waals surface area contributed by atoms with Crippen LogP contribution in [0.2, 0.25) is 0 Å². The van der Waals surface area contributed by atoms with Gasteiger partial charge in [-0.1, -0.05) is 0 Å². The highest BCUT2D eigenvalue weighted by molar-refractivity contribution is 7.92. The first-order valence-electron chi connectivity index (χ1n) is 7.14. The van der Waals surface area contributed by atoms with Crippen LogP contribution < -0.4 is 14.8 Å². The Labute approximate surface area is 150 Å². The summed E-state index contributed by atoms with van der Waals surface area (Å²) < 4.78 is 64.1. The largest absolute Gasteiger partial charge is 0.322 e. The van der Waals surface area contributed by atoms with E-state index >= 15 is 0 Å². The van der Waals surface area contributed by atoms with Gasteiger partial charge in [-0.25, -0.2) is 25.9 Å². The maximum atomic E-state index is 13.9. The summed E-state index contributed by atoms with van der Waals surface area (Å²) in [7, 11) is -6.06. The summed E-state index contributed by atoms with van der Waals surface area (Å²) in [6.45, 7) is 0. The smallest absolute Gasteiger partial charge is 0.258 e. The van der Waals surface area contributed by atoms with Gasteiger partial charge in [0.2, 0.25) is 20.0 Å². The Kier molecular flexibility index (Phi) is 5.64. The van der Waals surface area contributed by atoms with Crippen molar-refractivity contribution in [1.29, 1.82) is 0 Å². The van der Waals surface area contributed by atoms with Crippen molar-refractivity contribution < 1.29 is 26.0 Å². The van der Waals surface area contributed by atoms with E-state index in [9.17, 15) is 26.0 Å². The molecule has 2 aromatic rings. The second-order valence-electron chi connectivity index (χ2n) is 5.25. The fourth-order valence-corrected chi connectivity index (χ4v) is 3.32. The molecule has 11 heteroatoms. The van der Waals surface area contributed by atoms with Crippen LogP contribution >= 0.6 is 0 Å². The second kappa shape index (κ2) is 7.40. The van der Waals surface area contributed by atoms with Crippen LogP contribution in [0.1, 0.15) is 10.4 Å². The molecule has 2 rings (SSSR count). The molecule has 0 aromatic heterocycles. The molecule has 1 amide bonds. The summed E-state index contributed by atoms with van der Waals surface area (Å²) in [6.07, 6.45) is 0.998. The summed E-state index contributed by atoms with van der Waals surface area (Å²) in [5.74, 6) is -1.73. The minimum absolute atomic E-state index is 0.251. The van der Waals surface area contributed by atoms with Gasteiger partial charge >= 0.3 is 0 Å². The van der Waals surface area contributed by atoms with Crippen LogP contribution in [-0.2, 0) is 20.0 Å². The van der Waals surface area contributed by atoms with Crippen LogP contribution in [0.15, 0.2) is 47.4 Å². The number of hydrogen-bond donors (Lipinski definition) is 3. The number of carbonyl (C=O) groups is 1. The van der Waals surface area contributed by atoms with Gasteiger partial charge in [0.1, 0.15) is 5.82 Å². The Morgan fingerprint density at radius 2 is 1.54 bits per heavy atom. The van der Waals surface area contributed by atoms with E-state index in [0.29, 0.717) is 5.69 Å². The maximum Gasteiger partial charge on any atom is 0.258 e. The molecule has 0 bridgehead atoms. The Hall–Kier alpha value is -2.50. The number of anilines is 2. The lowest BCUT2D eigenvalue weighted by Gasteiger charge is -2.09. The molecule has 0 spiro atoms. The van der Waals surface area contributed by atoms with Gasteiger partial charge in [-0.15, -0.1) is 0 Å². The monoisotopic (exact) mass is 401 g/mol. The summed E-state index contributed by atoms with van der Waals surface area (Å²) in [4.78, 5) is 12.0. The van der Waals surface area contributed by atoms with E-state index in [1.54, 1.807) is 0 Å². The van der Waals surface area contributed by atoms with Crippen molar-refractivity contribution in [2.45, 2.75) is 4.90 Å². The molecule has 0 fully saturated rings. The number of halogens is 1. The summed E-state index contributed by atoms with van der Waals surface area (Å²) in [5.41, 5.74) is 0.119. The quantitative estimate of drug-likeness (QED) is 0.675. The molecule has 0 heterocycles. The van der Waals surface area contributed by atoms with E-state index < -0.39 is 37.3 Å². The Bertz CT molecular complexity index is 1040. The first-order valence-corrected chi connectivity index (χ1v) is 10.5. The van der Waals surface area contributed by atoms with Crippen LogP contribution in [0.25, 0.3) is 0 Å². The first-order chi connectivity index (χ1) is 12.0. The van der Waals surface area contributed by atoms with Gasteiger partial charge in [-0.05, 0) is 49.5 Å². The van der Waals surface area contributed by atoms with Crippen molar-refractivity contribution in [2.75, 3.05) is 23.3 Å². The fraction of sp³-hybridized carbons (Fsp3) is 0.133. The molecular weight excluding hydrogens is 385 g/mol. The molecule has 0 aliphatic carbocycles. The highest BCUT2D eigenvalue weighted by Gasteiger charge is 2.18. The molecule has 8 nitrogen and oxygen atoms in total. The lowest BCUT2D eigenvalue weighted by Crippen LogP contribution is -2.20. The van der Waals surface area contributed by atoms with Gasteiger partial charge in [0, 0.05) is 11.4 Å². The number of rotatable bonds is 6. The van der Waals surface area contributed by atoms with Gasteiger partial charge in [-0.3, -0.25) is 9.52 Å². The van der Waals surface area contributed by atoms with Crippen LogP contribution in [0.5, 0.6) is 0 Å². The Balaban J connectivity index is 2.24. The molecule has 0 unspecified atom stereocenters. The molecule has 0 atom stereocenters. The number of benzene rings is 2. The van der Waals surface area contributed by atoms with Crippen molar-refractivity contribution in [2.24, 2.45) is 0 Å². The molecular formula is C15H16FN3O5S2. The van der Waals surface area contributed by atoms with Crippen molar-refractivity contribution in [3.63, 3.8) is 0 Å². The summed E-state index contributed by atoms with van der Waals surface area (Å²) >= 11 is 0. The molecule has 0 radical (unpaired) electrons. The number of carbonyl (C=O) groups excluding carboxylic acids is 1. The third-order valence-electron chi connectivity index (χ3n) is 3.21. The van der Waals surface area contributed by atoms with E-state index in [2.05, 4.69) is 14.8 Å². The second-order valence-corrected chi connectivity index (χ2v) is 8.89. The maximum absolute atomic E-state index is 13.9. The molecule has 0 aliphatic heterocycles. The fourth-order valence-electron chi connectivity index (χ4n) is 2.00. The van der Waals surface area contributed by atoms with Crippen molar-refractivity contribution >= 4 is 37.3 Å². The van der Waals surface area contributed by atoms with Gasteiger partial charge in [0.25, 0.3) is 5.91 Å². The third-order valence-corrected chi connectivity index (χ3v) is 5.23. The average Bonchev–Trinajstić information content (AvgIpc) is 2.55. The van der Waals surface area contributed by atoms with Crippen molar-refractivity contribution in [3.05, 3.63) is 53.8 Å². The van der Waals surface area contributed by atoms with E-state index in [1.807, 2.05) is 0 Å².